The van der Waals surface area contributed by atoms with Crippen molar-refractivity contribution < 1.29 is 4.42 Å². The molecule has 0 saturated carbocycles. The van der Waals surface area contributed by atoms with Gasteiger partial charge in [-0.05, 0) is 42.5 Å². The van der Waals surface area contributed by atoms with Crippen LogP contribution in [0.4, 0.5) is 0 Å². The quantitative estimate of drug-likeness (QED) is 0.530. The van der Waals surface area contributed by atoms with Crippen molar-refractivity contribution in [2.45, 2.75) is 13.8 Å². The van der Waals surface area contributed by atoms with E-state index in [0.29, 0.717) is 0 Å². The van der Waals surface area contributed by atoms with Crippen LogP contribution in [0, 0.1) is 13.8 Å². The average molecular weight is 202 g/mol. The van der Waals surface area contributed by atoms with E-state index in [4.69, 9.17) is 4.42 Å². The molecule has 0 aliphatic heterocycles. The predicted molar refractivity (Wildman–Crippen MR) is 61.1 cm³/mol. The molecule has 2 heterocycles. The van der Waals surface area contributed by atoms with Crippen LogP contribution in [0.5, 0.6) is 0 Å². The largest absolute Gasteiger partial charge is 0.464 e. The molecule has 0 bridgehead atoms. The number of hydrogen-bond acceptors (Lipinski definition) is 2. The minimum Gasteiger partial charge on any atom is -0.464 e. The minimum absolute atomic E-state index is 0.997. The highest BCUT2D eigenvalue weighted by Crippen LogP contribution is 2.34. The van der Waals surface area contributed by atoms with E-state index in [9.17, 15) is 0 Å². The van der Waals surface area contributed by atoms with Crippen LogP contribution in [0.3, 0.4) is 0 Å². The van der Waals surface area contributed by atoms with Gasteiger partial charge in [-0.2, -0.15) is 0 Å². The SMILES string of the molecule is Cc1coc2ccc3scc(C)c3c12. The van der Waals surface area contributed by atoms with Crippen molar-refractivity contribution in [2.24, 2.45) is 0 Å². The molecule has 0 aliphatic carbocycles. The summed E-state index contributed by atoms with van der Waals surface area (Å²) < 4.78 is 6.83. The molecule has 0 N–H and O–H groups in total. The van der Waals surface area contributed by atoms with Crippen molar-refractivity contribution in [1.29, 1.82) is 0 Å². The Labute approximate surface area is 86.0 Å². The maximum absolute atomic E-state index is 5.49. The van der Waals surface area contributed by atoms with Crippen LogP contribution in [-0.2, 0) is 0 Å². The lowest BCUT2D eigenvalue weighted by Crippen LogP contribution is -1.72. The van der Waals surface area contributed by atoms with E-state index in [-0.39, 0.29) is 0 Å². The number of hydrogen-bond donors (Lipinski definition) is 0. The fourth-order valence-electron chi connectivity index (χ4n) is 1.97. The molecule has 3 aromatic rings. The first kappa shape index (κ1) is 8.06. The molecule has 1 nitrogen and oxygen atoms in total. The molecule has 0 amide bonds. The number of aryl methyl sites for hydroxylation is 2. The highest BCUT2D eigenvalue weighted by Gasteiger charge is 2.09. The summed E-state index contributed by atoms with van der Waals surface area (Å²) in [5, 5.41) is 4.84. The van der Waals surface area contributed by atoms with Gasteiger partial charge in [0.2, 0.25) is 0 Å². The molecule has 0 atom stereocenters. The van der Waals surface area contributed by atoms with Gasteiger partial charge in [0.25, 0.3) is 0 Å². The van der Waals surface area contributed by atoms with Crippen molar-refractivity contribution in [3.05, 3.63) is 34.9 Å². The summed E-state index contributed by atoms with van der Waals surface area (Å²) in [4.78, 5) is 0. The molecule has 0 fully saturated rings. The molecule has 2 aromatic heterocycles. The van der Waals surface area contributed by atoms with E-state index in [1.54, 1.807) is 11.3 Å². The molecule has 70 valence electrons. The van der Waals surface area contributed by atoms with Gasteiger partial charge >= 0.3 is 0 Å². The van der Waals surface area contributed by atoms with Gasteiger partial charge in [0.05, 0.1) is 6.26 Å². The summed E-state index contributed by atoms with van der Waals surface area (Å²) in [7, 11) is 0. The third kappa shape index (κ3) is 0.891. The van der Waals surface area contributed by atoms with Crippen molar-refractivity contribution in [3.63, 3.8) is 0 Å². The topological polar surface area (TPSA) is 13.1 Å². The highest BCUT2D eigenvalue weighted by atomic mass is 32.1. The first-order valence-corrected chi connectivity index (χ1v) is 5.50. The van der Waals surface area contributed by atoms with Crippen LogP contribution >= 0.6 is 11.3 Å². The molecule has 0 radical (unpaired) electrons. The van der Waals surface area contributed by atoms with Crippen LogP contribution in [0.25, 0.3) is 21.1 Å². The third-order valence-corrected chi connectivity index (χ3v) is 3.71. The Morgan fingerprint density at radius 2 is 1.93 bits per heavy atom. The van der Waals surface area contributed by atoms with Gasteiger partial charge in [0.15, 0.2) is 0 Å². The van der Waals surface area contributed by atoms with Crippen LogP contribution in [-0.4, -0.2) is 0 Å². The first-order chi connectivity index (χ1) is 6.77. The van der Waals surface area contributed by atoms with Crippen LogP contribution in [0.15, 0.2) is 28.2 Å². The smallest absolute Gasteiger partial charge is 0.134 e. The standard InChI is InChI=1S/C12H10OS/c1-7-5-13-9-3-4-10-12(11(7)9)8(2)6-14-10/h3-6H,1-2H3. The Morgan fingerprint density at radius 3 is 2.79 bits per heavy atom. The maximum atomic E-state index is 5.49. The summed E-state index contributed by atoms with van der Waals surface area (Å²) in [6.07, 6.45) is 1.83. The molecular weight excluding hydrogens is 192 g/mol. The molecule has 1 aromatic carbocycles. The zero-order valence-corrected chi connectivity index (χ0v) is 8.94. The molecule has 14 heavy (non-hydrogen) atoms. The van der Waals surface area contributed by atoms with Crippen LogP contribution < -0.4 is 0 Å². The monoisotopic (exact) mass is 202 g/mol. The normalized spacial score (nSPS) is 11.6. The second-order valence-corrected chi connectivity index (χ2v) is 4.56. The molecular formula is C12H10OS. The Morgan fingerprint density at radius 1 is 1.07 bits per heavy atom. The van der Waals surface area contributed by atoms with Gasteiger partial charge < -0.3 is 4.42 Å². The van der Waals surface area contributed by atoms with Crippen molar-refractivity contribution in [3.8, 4) is 0 Å². The van der Waals surface area contributed by atoms with Gasteiger partial charge in [-0.15, -0.1) is 11.3 Å². The lowest BCUT2D eigenvalue weighted by atomic mass is 10.1. The van der Waals surface area contributed by atoms with Crippen LogP contribution in [0.2, 0.25) is 0 Å². The van der Waals surface area contributed by atoms with Crippen molar-refractivity contribution in [1.82, 2.24) is 0 Å². The number of benzene rings is 1. The average Bonchev–Trinajstić information content (AvgIpc) is 2.72. The summed E-state index contributed by atoms with van der Waals surface area (Å²) in [5.74, 6) is 0. The van der Waals surface area contributed by atoms with E-state index >= 15 is 0 Å². The zero-order valence-electron chi connectivity index (χ0n) is 8.13. The molecule has 2 heteroatoms. The number of furan rings is 1. The number of thiophene rings is 1. The van der Waals surface area contributed by atoms with E-state index < -0.39 is 0 Å². The van der Waals surface area contributed by atoms with E-state index in [0.717, 1.165) is 5.58 Å². The van der Waals surface area contributed by atoms with Crippen molar-refractivity contribution in [2.75, 3.05) is 0 Å². The lowest BCUT2D eigenvalue weighted by molar-refractivity contribution is 0.613. The minimum atomic E-state index is 0.997. The Hall–Kier alpha value is -1.28. The predicted octanol–water partition coefficient (Wildman–Crippen LogP) is 4.26. The summed E-state index contributed by atoms with van der Waals surface area (Å²) in [6.45, 7) is 4.26. The fourth-order valence-corrected chi connectivity index (χ4v) is 2.91. The second-order valence-electron chi connectivity index (χ2n) is 3.65. The third-order valence-electron chi connectivity index (χ3n) is 2.64. The molecule has 3 rings (SSSR count). The molecule has 0 aliphatic rings. The van der Waals surface area contributed by atoms with Gasteiger partial charge in [-0.3, -0.25) is 0 Å². The molecule has 0 unspecified atom stereocenters. The molecule has 0 saturated heterocycles. The van der Waals surface area contributed by atoms with Crippen LogP contribution in [0.1, 0.15) is 11.1 Å². The lowest BCUT2D eigenvalue weighted by Gasteiger charge is -1.95. The highest BCUT2D eigenvalue weighted by molar-refractivity contribution is 7.17. The van der Waals surface area contributed by atoms with Crippen molar-refractivity contribution >= 4 is 32.4 Å². The van der Waals surface area contributed by atoms with Gasteiger partial charge in [0, 0.05) is 15.5 Å². The maximum Gasteiger partial charge on any atom is 0.134 e. The summed E-state index contributed by atoms with van der Waals surface area (Å²) >= 11 is 1.80. The van der Waals surface area contributed by atoms with Gasteiger partial charge in [0.1, 0.15) is 5.58 Å². The van der Waals surface area contributed by atoms with E-state index in [2.05, 4.69) is 31.4 Å². The Bertz CT molecular complexity index is 560. The Kier molecular flexibility index (Phi) is 1.50. The van der Waals surface area contributed by atoms with Gasteiger partial charge in [-0.1, -0.05) is 0 Å². The zero-order chi connectivity index (χ0) is 9.71. The van der Waals surface area contributed by atoms with E-state index in [1.807, 2.05) is 6.26 Å². The number of fused-ring (bicyclic) bond motifs is 3. The Balaban J connectivity index is 2.70. The first-order valence-electron chi connectivity index (χ1n) is 4.62. The summed E-state index contributed by atoms with van der Waals surface area (Å²) in [5.41, 5.74) is 3.57. The van der Waals surface area contributed by atoms with Gasteiger partial charge in [-0.25, -0.2) is 0 Å². The summed E-state index contributed by atoms with van der Waals surface area (Å²) in [6, 6.07) is 4.19. The van der Waals surface area contributed by atoms with E-state index in [1.165, 1.54) is 26.6 Å². The molecule has 0 spiro atoms. The fraction of sp³-hybridized carbons (Fsp3) is 0.167. The second kappa shape index (κ2) is 2.61. The number of rotatable bonds is 0.